The molecule has 0 N–H and O–H groups in total. The molecule has 0 amide bonds. The average molecular weight is 385 g/mol. The first-order valence-electron chi connectivity index (χ1n) is 9.80. The van der Waals surface area contributed by atoms with Gasteiger partial charge in [-0.15, -0.1) is 22.7 Å². The zero-order valence-corrected chi connectivity index (χ0v) is 17.5. The Bertz CT molecular complexity index is 719. The highest BCUT2D eigenvalue weighted by Gasteiger charge is 2.08. The first-order chi connectivity index (χ1) is 12.8. The number of unbranched alkanes of at least 4 members (excludes halogenated alkanes) is 4. The number of hydrogen-bond donors (Lipinski definition) is 0. The minimum Gasteiger partial charge on any atom is -0.235 e. The Hall–Kier alpha value is -1.52. The maximum Gasteiger partial charge on any atom is 0.169 e. The molecule has 0 saturated heterocycles. The van der Waals surface area contributed by atoms with Gasteiger partial charge < -0.3 is 0 Å². The van der Waals surface area contributed by atoms with Crippen LogP contribution in [0.3, 0.4) is 0 Å². The molecule has 0 aliphatic rings. The van der Waals surface area contributed by atoms with E-state index in [0.717, 1.165) is 11.4 Å². The molecule has 3 rings (SSSR count). The molecule has 0 aliphatic carbocycles. The molecule has 2 nitrogen and oxygen atoms in total. The summed E-state index contributed by atoms with van der Waals surface area (Å²) in [6.07, 6.45) is 14.0. The second-order valence-corrected chi connectivity index (χ2v) is 9.08. The predicted octanol–water partition coefficient (Wildman–Crippen LogP) is 7.40. The Kier molecular flexibility index (Phi) is 7.39. The van der Waals surface area contributed by atoms with Crippen LogP contribution in [0, 0.1) is 0 Å². The molecule has 0 radical (unpaired) electrons. The molecule has 0 aromatic carbocycles. The van der Waals surface area contributed by atoms with E-state index in [1.807, 2.05) is 35.1 Å². The minimum atomic E-state index is 0.847. The summed E-state index contributed by atoms with van der Waals surface area (Å²) in [5, 5.41) is 0. The van der Waals surface area contributed by atoms with Gasteiger partial charge in [-0.3, -0.25) is 0 Å². The van der Waals surface area contributed by atoms with Gasteiger partial charge in [-0.2, -0.15) is 0 Å². The Morgan fingerprint density at radius 2 is 1.23 bits per heavy atom. The number of nitrogens with zero attached hydrogens (tertiary/aromatic N) is 2. The Labute approximate surface area is 165 Å². The molecule has 0 saturated carbocycles. The van der Waals surface area contributed by atoms with Crippen molar-refractivity contribution in [3.63, 3.8) is 0 Å². The van der Waals surface area contributed by atoms with Crippen LogP contribution >= 0.6 is 22.7 Å². The lowest BCUT2D eigenvalue weighted by atomic mass is 10.2. The summed E-state index contributed by atoms with van der Waals surface area (Å²) in [6.45, 7) is 4.50. The summed E-state index contributed by atoms with van der Waals surface area (Å²) < 4.78 is 0. The third-order valence-electron chi connectivity index (χ3n) is 4.53. The lowest BCUT2D eigenvalue weighted by molar-refractivity contribution is 0.722. The molecule has 0 bridgehead atoms. The average Bonchev–Trinajstić information content (AvgIpc) is 3.32. The summed E-state index contributed by atoms with van der Waals surface area (Å²) >= 11 is 3.71. The van der Waals surface area contributed by atoms with Crippen LogP contribution in [0.5, 0.6) is 0 Å². The standard InChI is InChI=1S/C22H28N2S2/c1-3-5-7-9-18-11-13-20(25-18)17-15-23-22(24-16-17)21-14-12-19(26-21)10-8-6-4-2/h11-16H,3-10H2,1-2H3. The summed E-state index contributed by atoms with van der Waals surface area (Å²) in [5.74, 6) is 0.847. The van der Waals surface area contributed by atoms with E-state index in [2.05, 4.69) is 48.1 Å². The summed E-state index contributed by atoms with van der Waals surface area (Å²) in [5.41, 5.74) is 1.13. The number of rotatable bonds is 10. The smallest absolute Gasteiger partial charge is 0.169 e. The van der Waals surface area contributed by atoms with Gasteiger partial charge in [0.2, 0.25) is 0 Å². The first-order valence-corrected chi connectivity index (χ1v) is 11.4. The van der Waals surface area contributed by atoms with E-state index in [4.69, 9.17) is 0 Å². The van der Waals surface area contributed by atoms with Gasteiger partial charge in [-0.1, -0.05) is 39.5 Å². The van der Waals surface area contributed by atoms with Gasteiger partial charge in [-0.05, 0) is 49.9 Å². The van der Waals surface area contributed by atoms with Crippen LogP contribution in [0.2, 0.25) is 0 Å². The van der Waals surface area contributed by atoms with E-state index < -0.39 is 0 Å². The summed E-state index contributed by atoms with van der Waals surface area (Å²) in [4.78, 5) is 14.6. The van der Waals surface area contributed by atoms with Crippen molar-refractivity contribution < 1.29 is 0 Å². The molecule has 4 heteroatoms. The zero-order chi connectivity index (χ0) is 18.2. The molecule has 0 spiro atoms. The van der Waals surface area contributed by atoms with E-state index in [1.54, 1.807) is 0 Å². The molecule has 0 atom stereocenters. The van der Waals surface area contributed by atoms with Gasteiger partial charge >= 0.3 is 0 Å². The van der Waals surface area contributed by atoms with Crippen molar-refractivity contribution in [3.8, 4) is 21.1 Å². The van der Waals surface area contributed by atoms with Gasteiger partial charge in [0, 0.05) is 32.6 Å². The van der Waals surface area contributed by atoms with Crippen LogP contribution in [0.1, 0.15) is 62.1 Å². The monoisotopic (exact) mass is 384 g/mol. The second-order valence-electron chi connectivity index (χ2n) is 6.74. The van der Waals surface area contributed by atoms with Gasteiger partial charge in [0.25, 0.3) is 0 Å². The molecule has 3 heterocycles. The van der Waals surface area contributed by atoms with Crippen molar-refractivity contribution in [1.29, 1.82) is 0 Å². The van der Waals surface area contributed by atoms with Gasteiger partial charge in [0.05, 0.1) is 4.88 Å². The lowest BCUT2D eigenvalue weighted by Gasteiger charge is -2.00. The maximum atomic E-state index is 4.63. The van der Waals surface area contributed by atoms with E-state index in [9.17, 15) is 0 Å². The highest BCUT2D eigenvalue weighted by molar-refractivity contribution is 7.15. The quantitative estimate of drug-likeness (QED) is 0.340. The first kappa shape index (κ1) is 19.2. The zero-order valence-electron chi connectivity index (χ0n) is 15.8. The van der Waals surface area contributed by atoms with Crippen molar-refractivity contribution in [2.24, 2.45) is 0 Å². The van der Waals surface area contributed by atoms with Crippen LogP contribution in [0.15, 0.2) is 36.7 Å². The van der Waals surface area contributed by atoms with Crippen LogP contribution in [-0.2, 0) is 12.8 Å². The van der Waals surface area contributed by atoms with Crippen LogP contribution in [0.25, 0.3) is 21.1 Å². The van der Waals surface area contributed by atoms with Gasteiger partial charge in [-0.25, -0.2) is 9.97 Å². The van der Waals surface area contributed by atoms with Crippen LogP contribution in [0.4, 0.5) is 0 Å². The normalized spacial score (nSPS) is 11.2. The fraction of sp³-hybridized carbons (Fsp3) is 0.455. The van der Waals surface area contributed by atoms with Crippen molar-refractivity contribution >= 4 is 22.7 Å². The Morgan fingerprint density at radius 3 is 1.81 bits per heavy atom. The fourth-order valence-electron chi connectivity index (χ4n) is 2.98. The van der Waals surface area contributed by atoms with Gasteiger partial charge in [0.1, 0.15) is 0 Å². The Balaban J connectivity index is 1.63. The number of thiophene rings is 2. The molecule has 26 heavy (non-hydrogen) atoms. The molecule has 3 aromatic rings. The topological polar surface area (TPSA) is 25.8 Å². The number of aromatic nitrogens is 2. The number of aryl methyl sites for hydroxylation is 2. The van der Waals surface area contributed by atoms with E-state index in [1.165, 1.54) is 70.9 Å². The van der Waals surface area contributed by atoms with E-state index >= 15 is 0 Å². The van der Waals surface area contributed by atoms with E-state index in [-0.39, 0.29) is 0 Å². The highest BCUT2D eigenvalue weighted by atomic mass is 32.1. The second kappa shape index (κ2) is 9.98. The van der Waals surface area contributed by atoms with Gasteiger partial charge in [0.15, 0.2) is 5.82 Å². The largest absolute Gasteiger partial charge is 0.235 e. The Morgan fingerprint density at radius 1 is 0.692 bits per heavy atom. The SMILES string of the molecule is CCCCCc1ccc(-c2cnc(-c3ccc(CCCCC)s3)nc2)s1. The molecular weight excluding hydrogens is 356 g/mol. The minimum absolute atomic E-state index is 0.847. The lowest BCUT2D eigenvalue weighted by Crippen LogP contribution is -1.86. The molecule has 138 valence electrons. The predicted molar refractivity (Wildman–Crippen MR) is 115 cm³/mol. The summed E-state index contributed by atoms with van der Waals surface area (Å²) in [6, 6.07) is 8.86. The van der Waals surface area contributed by atoms with Crippen molar-refractivity contribution in [2.45, 2.75) is 65.2 Å². The highest BCUT2D eigenvalue weighted by Crippen LogP contribution is 2.30. The molecule has 0 unspecified atom stereocenters. The van der Waals surface area contributed by atoms with Crippen molar-refractivity contribution in [1.82, 2.24) is 9.97 Å². The van der Waals surface area contributed by atoms with Crippen molar-refractivity contribution in [3.05, 3.63) is 46.4 Å². The molecule has 0 aliphatic heterocycles. The molecule has 3 aromatic heterocycles. The third kappa shape index (κ3) is 5.24. The number of hydrogen-bond acceptors (Lipinski definition) is 4. The van der Waals surface area contributed by atoms with Crippen LogP contribution < -0.4 is 0 Å². The van der Waals surface area contributed by atoms with E-state index in [0.29, 0.717) is 0 Å². The molecular formula is C22H28N2S2. The summed E-state index contributed by atoms with van der Waals surface area (Å²) in [7, 11) is 0. The van der Waals surface area contributed by atoms with Crippen molar-refractivity contribution in [2.75, 3.05) is 0 Å². The fourth-order valence-corrected chi connectivity index (χ4v) is 5.00. The third-order valence-corrected chi connectivity index (χ3v) is 6.87. The molecule has 0 fully saturated rings. The van der Waals surface area contributed by atoms with Crippen LogP contribution in [-0.4, -0.2) is 9.97 Å². The maximum absolute atomic E-state index is 4.63.